The Kier molecular flexibility index (Phi) is 8.36. The predicted octanol–water partition coefficient (Wildman–Crippen LogP) is 3.62. The smallest absolute Gasteiger partial charge is 0.444 e. The number of nitrogens with zero attached hydrogens (tertiary/aromatic N) is 7. The first kappa shape index (κ1) is 33.4. The van der Waals surface area contributed by atoms with E-state index in [-0.39, 0.29) is 54.8 Å². The molecular formula is C35H38FN8O6S+. The second-order valence-corrected chi connectivity index (χ2v) is 15.2. The molecule has 4 aliphatic heterocycles. The third-order valence-electron chi connectivity index (χ3n) is 10.6. The number of rotatable bonds is 7. The molecule has 14 nitrogen and oxygen atoms in total. The van der Waals surface area contributed by atoms with Gasteiger partial charge in [-0.05, 0) is 73.0 Å². The molecule has 4 aromatic rings. The van der Waals surface area contributed by atoms with Crippen LogP contribution in [0.1, 0.15) is 37.2 Å². The van der Waals surface area contributed by atoms with Gasteiger partial charge >= 0.3 is 11.2 Å². The molecule has 51 heavy (non-hydrogen) atoms. The summed E-state index contributed by atoms with van der Waals surface area (Å²) in [6.07, 6.45) is 6.26. The van der Waals surface area contributed by atoms with Crippen molar-refractivity contribution in [3.63, 3.8) is 0 Å². The maximum absolute atomic E-state index is 15.5. The van der Waals surface area contributed by atoms with Crippen LogP contribution in [0.2, 0.25) is 0 Å². The highest BCUT2D eigenvalue weighted by molar-refractivity contribution is 7.80. The Bertz CT molecular complexity index is 2110. The number of aromatic nitrogens is 2. The van der Waals surface area contributed by atoms with Crippen molar-refractivity contribution >= 4 is 50.8 Å². The van der Waals surface area contributed by atoms with Crippen LogP contribution >= 0.6 is 0 Å². The van der Waals surface area contributed by atoms with Gasteiger partial charge in [-0.3, -0.25) is 19.6 Å². The molecule has 16 heteroatoms. The molecule has 0 aliphatic carbocycles. The van der Waals surface area contributed by atoms with Gasteiger partial charge in [0.05, 0.1) is 19.8 Å². The van der Waals surface area contributed by atoms with Crippen molar-refractivity contribution in [2.24, 2.45) is 0 Å². The SMILES string of the molecule is C[N+]1([O-])CN(C2CCC(=O)NC2=O)c2ccc(C3CCN(CCn4cc(-c5ccc6c(F)c(N7CC[N+](=O)S7=O)c(O)cc6c5)cn4)CC3)cc21. The number of quaternary nitrogens is 1. The maximum Gasteiger partial charge on any atom is 0.444 e. The fourth-order valence-electron chi connectivity index (χ4n) is 7.86. The fraction of sp³-hybridized carbons (Fsp3) is 0.400. The quantitative estimate of drug-likeness (QED) is 0.126. The van der Waals surface area contributed by atoms with Crippen LogP contribution in [-0.4, -0.2) is 92.5 Å². The number of piperidine rings is 2. The monoisotopic (exact) mass is 717 g/mol. The molecule has 8 rings (SSSR count). The molecule has 266 valence electrons. The summed E-state index contributed by atoms with van der Waals surface area (Å²) in [4.78, 5) is 40.2. The summed E-state index contributed by atoms with van der Waals surface area (Å²) >= 11 is -2.11. The van der Waals surface area contributed by atoms with E-state index in [1.165, 1.54) is 6.07 Å². The second kappa shape index (κ2) is 12.8. The molecule has 3 fully saturated rings. The summed E-state index contributed by atoms with van der Waals surface area (Å²) < 4.78 is 30.5. The Morgan fingerprint density at radius 2 is 1.88 bits per heavy atom. The highest BCUT2D eigenvalue weighted by atomic mass is 32.2. The molecular weight excluding hydrogens is 680 g/mol. The third-order valence-corrected chi connectivity index (χ3v) is 11.9. The van der Waals surface area contributed by atoms with Crippen molar-refractivity contribution in [1.82, 2.24) is 24.6 Å². The van der Waals surface area contributed by atoms with E-state index >= 15 is 4.39 Å². The summed E-state index contributed by atoms with van der Waals surface area (Å²) in [6, 6.07) is 12.1. The molecule has 3 atom stereocenters. The van der Waals surface area contributed by atoms with Crippen molar-refractivity contribution in [3.05, 3.63) is 76.4 Å². The van der Waals surface area contributed by atoms with E-state index in [9.17, 15) is 29.0 Å². The zero-order valence-electron chi connectivity index (χ0n) is 28.0. The highest BCUT2D eigenvalue weighted by Gasteiger charge is 2.43. The van der Waals surface area contributed by atoms with E-state index in [0.717, 1.165) is 59.2 Å². The molecule has 2 amide bonds. The molecule has 0 saturated carbocycles. The summed E-state index contributed by atoms with van der Waals surface area (Å²) in [6.45, 7) is 3.44. The van der Waals surface area contributed by atoms with Gasteiger partial charge in [-0.1, -0.05) is 18.2 Å². The first-order valence-electron chi connectivity index (χ1n) is 17.1. The lowest BCUT2D eigenvalue weighted by molar-refractivity contribution is -0.367. The lowest BCUT2D eigenvalue weighted by Gasteiger charge is -2.36. The van der Waals surface area contributed by atoms with Gasteiger partial charge in [0.25, 0.3) is 0 Å². The normalized spacial score (nSPS) is 24.5. The van der Waals surface area contributed by atoms with E-state index < -0.39 is 27.7 Å². The van der Waals surface area contributed by atoms with E-state index in [2.05, 4.69) is 21.4 Å². The van der Waals surface area contributed by atoms with Crippen molar-refractivity contribution in [1.29, 1.82) is 0 Å². The third kappa shape index (κ3) is 6.05. The number of anilines is 2. The molecule has 5 heterocycles. The summed E-state index contributed by atoms with van der Waals surface area (Å²) in [5, 5.41) is 31.8. The number of fused-ring (bicyclic) bond motifs is 2. The van der Waals surface area contributed by atoms with Crippen LogP contribution in [0.5, 0.6) is 5.75 Å². The number of aromatic hydroxyl groups is 1. The molecule has 1 aromatic heterocycles. The van der Waals surface area contributed by atoms with Crippen LogP contribution in [0.15, 0.2) is 54.9 Å². The van der Waals surface area contributed by atoms with Crippen LogP contribution in [0, 0.1) is 15.9 Å². The van der Waals surface area contributed by atoms with Crippen molar-refractivity contribution in [2.75, 3.05) is 55.6 Å². The molecule has 3 unspecified atom stereocenters. The average Bonchev–Trinajstić information content (AvgIpc) is 3.79. The van der Waals surface area contributed by atoms with Crippen molar-refractivity contribution in [2.45, 2.75) is 44.2 Å². The van der Waals surface area contributed by atoms with Gasteiger partial charge in [-0.25, -0.2) is 8.70 Å². The zero-order chi connectivity index (χ0) is 35.6. The van der Waals surface area contributed by atoms with Crippen molar-refractivity contribution in [3.8, 4) is 16.9 Å². The zero-order valence-corrected chi connectivity index (χ0v) is 28.9. The van der Waals surface area contributed by atoms with Gasteiger partial charge in [0.1, 0.15) is 33.9 Å². The molecule has 0 radical (unpaired) electrons. The largest absolute Gasteiger partial charge is 0.626 e. The van der Waals surface area contributed by atoms with Crippen LogP contribution in [0.25, 0.3) is 21.9 Å². The molecule has 0 bridgehead atoms. The van der Waals surface area contributed by atoms with E-state index in [1.807, 2.05) is 27.9 Å². The standard InChI is InChI=1S/C35H37FN8O6S/c1-44(49)21-41(29-6-7-32(46)38-35(29)47)28-5-3-24(17-30(28)44)22-8-10-39(11-9-22)12-13-40-20-26(19-37-40)23-2-4-27-25(16-23)18-31(45)34(33(27)36)42-14-15-43(48)51(42)50/h2-5,16-20,22,29H,6-15,21H2,1H3,(H-,38,45,46,47)/p+1. The number of phenolic OH excluding ortho intramolecular Hbond substituents is 1. The average molecular weight is 718 g/mol. The fourth-order valence-corrected chi connectivity index (χ4v) is 8.88. The number of hydroxylamine groups is 2. The van der Waals surface area contributed by atoms with Crippen LogP contribution in [0.4, 0.5) is 21.5 Å². The Balaban J connectivity index is 0.888. The number of hydrogen-bond donors (Lipinski definition) is 2. The van der Waals surface area contributed by atoms with E-state index in [0.29, 0.717) is 34.1 Å². The number of imide groups is 1. The van der Waals surface area contributed by atoms with E-state index in [1.54, 1.807) is 31.4 Å². The molecule has 3 aromatic carbocycles. The molecule has 4 aliphatic rings. The lowest BCUT2D eigenvalue weighted by atomic mass is 9.89. The van der Waals surface area contributed by atoms with Crippen molar-refractivity contribution < 1.29 is 27.5 Å². The summed E-state index contributed by atoms with van der Waals surface area (Å²) in [5.74, 6) is -1.41. The van der Waals surface area contributed by atoms with Gasteiger partial charge in [-0.15, -0.1) is 0 Å². The highest BCUT2D eigenvalue weighted by Crippen LogP contribution is 2.44. The first-order chi connectivity index (χ1) is 24.5. The minimum Gasteiger partial charge on any atom is -0.626 e. The van der Waals surface area contributed by atoms with Gasteiger partial charge in [-0.2, -0.15) is 9.31 Å². The number of benzene rings is 3. The van der Waals surface area contributed by atoms with Gasteiger partial charge in [0.2, 0.25) is 18.4 Å². The van der Waals surface area contributed by atoms with Crippen LogP contribution in [-0.2, 0) is 27.3 Å². The topological polar surface area (TPSA) is 154 Å². The number of nitrogens with one attached hydrogen (secondary N) is 1. The number of nitroso groups, excluding NO2 is 1. The molecule has 2 N–H and O–H groups in total. The Labute approximate surface area is 295 Å². The number of likely N-dealkylation sites (tertiary alicyclic amines) is 1. The summed E-state index contributed by atoms with van der Waals surface area (Å²) in [5.41, 5.74) is 3.97. The Hall–Kier alpha value is -4.77. The van der Waals surface area contributed by atoms with E-state index in [4.69, 9.17) is 0 Å². The molecule has 0 spiro atoms. The number of hydrogen-bond acceptors (Lipinski definition) is 9. The first-order valence-corrected chi connectivity index (χ1v) is 18.2. The molecule has 3 saturated heterocycles. The van der Waals surface area contributed by atoms with Gasteiger partial charge in [0, 0.05) is 41.1 Å². The van der Waals surface area contributed by atoms with Crippen LogP contribution in [0.3, 0.4) is 0 Å². The number of amides is 2. The predicted molar refractivity (Wildman–Crippen MR) is 190 cm³/mol. The summed E-state index contributed by atoms with van der Waals surface area (Å²) in [7, 11) is 1.61. The second-order valence-electron chi connectivity index (χ2n) is 13.9. The van der Waals surface area contributed by atoms with Gasteiger partial charge in [0.15, 0.2) is 18.2 Å². The maximum atomic E-state index is 15.5. The van der Waals surface area contributed by atoms with Gasteiger partial charge < -0.3 is 24.8 Å². The minimum absolute atomic E-state index is 0.0431. The Morgan fingerprint density at radius 1 is 1.08 bits per heavy atom. The minimum atomic E-state index is -2.11. The van der Waals surface area contributed by atoms with Crippen LogP contribution < -0.4 is 19.2 Å². The Morgan fingerprint density at radius 3 is 2.63 bits per heavy atom. The lowest BCUT2D eigenvalue weighted by Crippen LogP contribution is -2.55. The number of carbonyl (C=O) groups is 2. The number of phenols is 1. The number of carbonyl (C=O) groups excluding carboxylic acids is 2. The number of halogens is 1.